The number of pyridine rings is 1. The van der Waals surface area contributed by atoms with Crippen LogP contribution in [0.5, 0.6) is 0 Å². The summed E-state index contributed by atoms with van der Waals surface area (Å²) in [4.78, 5) is 15.1. The van der Waals surface area contributed by atoms with Gasteiger partial charge in [-0.05, 0) is 18.9 Å². The molecule has 1 aliphatic heterocycles. The van der Waals surface area contributed by atoms with Crippen molar-refractivity contribution in [1.29, 1.82) is 0 Å². The Morgan fingerprint density at radius 3 is 3.00 bits per heavy atom. The molecule has 0 aromatic carbocycles. The van der Waals surface area contributed by atoms with Crippen molar-refractivity contribution in [3.8, 4) is 0 Å². The van der Waals surface area contributed by atoms with Gasteiger partial charge in [0.1, 0.15) is 0 Å². The maximum absolute atomic E-state index is 11.2. The monoisotopic (exact) mass is 193 g/mol. The summed E-state index contributed by atoms with van der Waals surface area (Å²) in [5.41, 5.74) is -0.529. The second kappa shape index (κ2) is 3.38. The molecule has 1 saturated heterocycles. The Bertz CT molecular complexity index is 330. The molecule has 1 atom stereocenters. The highest BCUT2D eigenvalue weighted by molar-refractivity contribution is 5.79. The lowest BCUT2D eigenvalue weighted by Gasteiger charge is -2.22. The summed E-state index contributed by atoms with van der Waals surface area (Å²) in [6.45, 7) is 0.501. The molecule has 1 unspecified atom stereocenters. The molecule has 1 N–H and O–H groups in total. The van der Waals surface area contributed by atoms with Gasteiger partial charge >= 0.3 is 5.97 Å². The van der Waals surface area contributed by atoms with Crippen LogP contribution in [0.2, 0.25) is 0 Å². The van der Waals surface area contributed by atoms with Crippen molar-refractivity contribution in [2.75, 3.05) is 6.61 Å². The van der Waals surface area contributed by atoms with Crippen LogP contribution in [0.3, 0.4) is 0 Å². The molecule has 1 aliphatic rings. The van der Waals surface area contributed by atoms with Gasteiger partial charge in [0.25, 0.3) is 0 Å². The van der Waals surface area contributed by atoms with E-state index in [4.69, 9.17) is 9.84 Å². The second-order valence-electron chi connectivity index (χ2n) is 3.33. The van der Waals surface area contributed by atoms with Crippen molar-refractivity contribution in [1.82, 2.24) is 4.98 Å². The van der Waals surface area contributed by atoms with Gasteiger partial charge in [-0.25, -0.2) is 4.79 Å². The van der Waals surface area contributed by atoms with Gasteiger partial charge in [-0.2, -0.15) is 0 Å². The minimum Gasteiger partial charge on any atom is -0.479 e. The number of aromatic nitrogens is 1. The smallest absolute Gasteiger partial charge is 0.340 e. The molecular formula is C10H11NO3. The molecule has 14 heavy (non-hydrogen) atoms. The van der Waals surface area contributed by atoms with Crippen molar-refractivity contribution < 1.29 is 14.6 Å². The van der Waals surface area contributed by atoms with E-state index in [0.29, 0.717) is 18.6 Å². The quantitative estimate of drug-likeness (QED) is 0.766. The highest BCUT2D eigenvalue weighted by atomic mass is 16.5. The number of carboxylic acid groups (broad SMARTS) is 1. The first kappa shape index (κ1) is 9.15. The Balaban J connectivity index is 2.42. The van der Waals surface area contributed by atoms with Crippen molar-refractivity contribution >= 4 is 5.97 Å². The number of ether oxygens (including phenoxy) is 1. The van der Waals surface area contributed by atoms with Crippen LogP contribution < -0.4 is 0 Å². The molecule has 4 heteroatoms. The van der Waals surface area contributed by atoms with E-state index in [2.05, 4.69) is 4.98 Å². The topological polar surface area (TPSA) is 59.4 Å². The van der Waals surface area contributed by atoms with Gasteiger partial charge in [0.05, 0.1) is 0 Å². The maximum atomic E-state index is 11.2. The van der Waals surface area contributed by atoms with Crippen LogP contribution >= 0.6 is 0 Å². The predicted octanol–water partition coefficient (Wildman–Crippen LogP) is 1.17. The molecule has 2 heterocycles. The van der Waals surface area contributed by atoms with Gasteiger partial charge in [0.15, 0.2) is 5.60 Å². The molecule has 1 aromatic heterocycles. The summed E-state index contributed by atoms with van der Waals surface area (Å²) in [6, 6.07) is 3.47. The summed E-state index contributed by atoms with van der Waals surface area (Å²) in [7, 11) is 0. The van der Waals surface area contributed by atoms with Crippen molar-refractivity contribution in [2.24, 2.45) is 0 Å². The van der Waals surface area contributed by atoms with Crippen LogP contribution in [-0.2, 0) is 15.1 Å². The van der Waals surface area contributed by atoms with E-state index in [1.54, 1.807) is 24.5 Å². The zero-order valence-electron chi connectivity index (χ0n) is 7.64. The Labute approximate surface area is 81.5 Å². The standard InChI is InChI=1S/C10H11NO3/c12-9(13)10(4-2-6-14-10)8-3-1-5-11-7-8/h1,3,5,7H,2,4,6H2,(H,12,13). The highest BCUT2D eigenvalue weighted by Crippen LogP contribution is 2.35. The SMILES string of the molecule is O=C(O)C1(c2cccnc2)CCCO1. The average molecular weight is 193 g/mol. The van der Waals surface area contributed by atoms with E-state index in [-0.39, 0.29) is 0 Å². The molecule has 2 rings (SSSR count). The van der Waals surface area contributed by atoms with Crippen molar-refractivity contribution in [2.45, 2.75) is 18.4 Å². The summed E-state index contributed by atoms with van der Waals surface area (Å²) >= 11 is 0. The molecule has 74 valence electrons. The number of carboxylic acids is 1. The van der Waals surface area contributed by atoms with Gasteiger partial charge in [-0.15, -0.1) is 0 Å². The highest BCUT2D eigenvalue weighted by Gasteiger charge is 2.44. The summed E-state index contributed by atoms with van der Waals surface area (Å²) in [6.07, 6.45) is 4.47. The lowest BCUT2D eigenvalue weighted by molar-refractivity contribution is -0.161. The normalized spacial score (nSPS) is 26.3. The number of rotatable bonds is 2. The van der Waals surface area contributed by atoms with Crippen LogP contribution in [0.15, 0.2) is 24.5 Å². The molecule has 0 aliphatic carbocycles. The van der Waals surface area contributed by atoms with Crippen LogP contribution in [0.1, 0.15) is 18.4 Å². The van der Waals surface area contributed by atoms with Gasteiger partial charge in [-0.3, -0.25) is 4.98 Å². The van der Waals surface area contributed by atoms with Crippen LogP contribution in [0.25, 0.3) is 0 Å². The zero-order valence-corrected chi connectivity index (χ0v) is 7.64. The van der Waals surface area contributed by atoms with E-state index in [1.807, 2.05) is 0 Å². The van der Waals surface area contributed by atoms with Crippen molar-refractivity contribution in [3.05, 3.63) is 30.1 Å². The number of hydrogen-bond donors (Lipinski definition) is 1. The minimum atomic E-state index is -1.16. The fourth-order valence-electron chi connectivity index (χ4n) is 1.76. The third-order valence-electron chi connectivity index (χ3n) is 2.49. The van der Waals surface area contributed by atoms with Crippen LogP contribution in [0.4, 0.5) is 0 Å². The molecule has 0 spiro atoms. The Kier molecular flexibility index (Phi) is 2.21. The van der Waals surface area contributed by atoms with E-state index in [1.165, 1.54) is 0 Å². The molecular weight excluding hydrogens is 182 g/mol. The van der Waals surface area contributed by atoms with Gasteiger partial charge in [0.2, 0.25) is 0 Å². The van der Waals surface area contributed by atoms with E-state index < -0.39 is 11.6 Å². The van der Waals surface area contributed by atoms with Crippen molar-refractivity contribution in [3.63, 3.8) is 0 Å². The van der Waals surface area contributed by atoms with E-state index in [9.17, 15) is 4.79 Å². The van der Waals surface area contributed by atoms with Gasteiger partial charge in [0, 0.05) is 24.6 Å². The largest absolute Gasteiger partial charge is 0.479 e. The number of nitrogens with zero attached hydrogens (tertiary/aromatic N) is 1. The van der Waals surface area contributed by atoms with E-state index in [0.717, 1.165) is 6.42 Å². The number of carbonyl (C=O) groups is 1. The zero-order chi connectivity index (χ0) is 10.0. The summed E-state index contributed by atoms with van der Waals surface area (Å²) in [5.74, 6) is -0.928. The third kappa shape index (κ3) is 1.28. The first-order chi connectivity index (χ1) is 6.76. The van der Waals surface area contributed by atoms with E-state index >= 15 is 0 Å². The average Bonchev–Trinajstić information content (AvgIpc) is 2.69. The summed E-state index contributed by atoms with van der Waals surface area (Å²) in [5, 5.41) is 9.16. The molecule has 0 bridgehead atoms. The van der Waals surface area contributed by atoms with Gasteiger partial charge in [-0.1, -0.05) is 6.07 Å². The van der Waals surface area contributed by atoms with Crippen LogP contribution in [0, 0.1) is 0 Å². The number of aliphatic carboxylic acids is 1. The molecule has 0 amide bonds. The molecule has 4 nitrogen and oxygen atoms in total. The lowest BCUT2D eigenvalue weighted by Crippen LogP contribution is -2.34. The minimum absolute atomic E-state index is 0.501. The fraction of sp³-hybridized carbons (Fsp3) is 0.400. The molecule has 1 aromatic rings. The fourth-order valence-corrected chi connectivity index (χ4v) is 1.76. The Morgan fingerprint density at radius 2 is 2.50 bits per heavy atom. The first-order valence-electron chi connectivity index (χ1n) is 4.53. The number of hydrogen-bond acceptors (Lipinski definition) is 3. The summed E-state index contributed by atoms with van der Waals surface area (Å²) < 4.78 is 5.35. The predicted molar refractivity (Wildman–Crippen MR) is 48.7 cm³/mol. The Morgan fingerprint density at radius 1 is 1.64 bits per heavy atom. The third-order valence-corrected chi connectivity index (χ3v) is 2.49. The first-order valence-corrected chi connectivity index (χ1v) is 4.53. The molecule has 0 radical (unpaired) electrons. The lowest BCUT2D eigenvalue weighted by atomic mass is 9.92. The maximum Gasteiger partial charge on any atom is 0.340 e. The molecule has 0 saturated carbocycles. The van der Waals surface area contributed by atoms with Crippen LogP contribution in [-0.4, -0.2) is 22.7 Å². The molecule has 1 fully saturated rings. The Hall–Kier alpha value is -1.42. The second-order valence-corrected chi connectivity index (χ2v) is 3.33. The van der Waals surface area contributed by atoms with Gasteiger partial charge < -0.3 is 9.84 Å².